The number of piperidine rings is 1. The largest absolute Gasteiger partial charge is 0.476 e. The Morgan fingerprint density at radius 3 is 2.94 bits per heavy atom. The van der Waals surface area contributed by atoms with E-state index in [1.54, 1.807) is 4.52 Å². The lowest BCUT2D eigenvalue weighted by molar-refractivity contribution is 0.0691. The number of nitrogens with one attached hydrogen (secondary N) is 3. The van der Waals surface area contributed by atoms with Gasteiger partial charge in [-0.1, -0.05) is 13.8 Å². The standard InChI is InChI=1S/C20H27N7O3S/c1-11(2)13-7-24-27-17(23-9-18-25-14(10-31-18)20(29)30)5-16(26-19(13)27)22-6-12-3-4-21-8-15(12)28/h5,7,10-12,15,21,23,28H,3-4,6,8-9H2,1-2H3,(H,22,26)(H,29,30)/t12?,15-/m0/s1. The van der Waals surface area contributed by atoms with Crippen LogP contribution < -0.4 is 16.0 Å². The van der Waals surface area contributed by atoms with Gasteiger partial charge in [0.25, 0.3) is 0 Å². The molecule has 1 unspecified atom stereocenters. The zero-order valence-corrected chi connectivity index (χ0v) is 18.3. The maximum atomic E-state index is 11.1. The molecule has 0 amide bonds. The van der Waals surface area contributed by atoms with Crippen molar-refractivity contribution >= 4 is 34.6 Å². The Kier molecular flexibility index (Phi) is 6.35. The van der Waals surface area contributed by atoms with E-state index in [4.69, 9.17) is 10.1 Å². The van der Waals surface area contributed by atoms with Crippen molar-refractivity contribution in [1.82, 2.24) is 24.9 Å². The molecule has 1 saturated heterocycles. The predicted octanol–water partition coefficient (Wildman–Crippen LogP) is 2.00. The van der Waals surface area contributed by atoms with E-state index in [9.17, 15) is 9.90 Å². The number of aliphatic hydroxyl groups excluding tert-OH is 1. The number of β-amino-alcohol motifs (C(OH)–C–C–N with tert-alkyl or cyclic N) is 1. The second-order valence-electron chi connectivity index (χ2n) is 8.00. The van der Waals surface area contributed by atoms with E-state index < -0.39 is 5.97 Å². The van der Waals surface area contributed by atoms with Crippen molar-refractivity contribution in [3.05, 3.63) is 33.9 Å². The van der Waals surface area contributed by atoms with Gasteiger partial charge < -0.3 is 26.2 Å². The van der Waals surface area contributed by atoms with Crippen LogP contribution in [0.4, 0.5) is 11.6 Å². The van der Waals surface area contributed by atoms with Gasteiger partial charge in [0, 0.05) is 36.0 Å². The first-order valence-corrected chi connectivity index (χ1v) is 11.2. The minimum atomic E-state index is -1.03. The molecule has 3 aromatic rings. The van der Waals surface area contributed by atoms with Crippen LogP contribution in [0.1, 0.15) is 47.2 Å². The molecule has 0 aliphatic carbocycles. The van der Waals surface area contributed by atoms with Crippen molar-refractivity contribution in [2.45, 2.75) is 38.8 Å². The fourth-order valence-corrected chi connectivity index (χ4v) is 4.34. The van der Waals surface area contributed by atoms with Crippen LogP contribution in [0.2, 0.25) is 0 Å². The highest BCUT2D eigenvalue weighted by Crippen LogP contribution is 2.25. The molecule has 166 valence electrons. The van der Waals surface area contributed by atoms with Gasteiger partial charge in [-0.05, 0) is 18.9 Å². The van der Waals surface area contributed by atoms with Crippen LogP contribution in [0.3, 0.4) is 0 Å². The van der Waals surface area contributed by atoms with E-state index >= 15 is 0 Å². The fraction of sp³-hybridized carbons (Fsp3) is 0.500. The molecule has 11 heteroatoms. The number of fused-ring (bicyclic) bond motifs is 1. The molecule has 0 radical (unpaired) electrons. The Balaban J connectivity index is 1.57. The smallest absolute Gasteiger partial charge is 0.355 e. The summed E-state index contributed by atoms with van der Waals surface area (Å²) in [5, 5.41) is 35.9. The van der Waals surface area contributed by atoms with Crippen LogP contribution in [0.5, 0.6) is 0 Å². The topological polar surface area (TPSA) is 137 Å². The van der Waals surface area contributed by atoms with Crippen molar-refractivity contribution in [2.75, 3.05) is 30.3 Å². The average molecular weight is 446 g/mol. The molecule has 0 bridgehead atoms. The summed E-state index contributed by atoms with van der Waals surface area (Å²) in [6, 6.07) is 1.88. The van der Waals surface area contributed by atoms with Gasteiger partial charge in [-0.2, -0.15) is 9.61 Å². The van der Waals surface area contributed by atoms with Gasteiger partial charge in [0.2, 0.25) is 0 Å². The molecule has 4 heterocycles. The van der Waals surface area contributed by atoms with Crippen molar-refractivity contribution < 1.29 is 15.0 Å². The van der Waals surface area contributed by atoms with E-state index in [1.165, 1.54) is 16.7 Å². The Morgan fingerprint density at radius 1 is 1.39 bits per heavy atom. The summed E-state index contributed by atoms with van der Waals surface area (Å²) in [4.78, 5) is 20.0. The molecule has 0 aromatic carbocycles. The lowest BCUT2D eigenvalue weighted by Gasteiger charge is -2.28. The van der Waals surface area contributed by atoms with Crippen LogP contribution in [0, 0.1) is 5.92 Å². The highest BCUT2D eigenvalue weighted by Gasteiger charge is 2.23. The van der Waals surface area contributed by atoms with Gasteiger partial charge in [0.15, 0.2) is 11.3 Å². The van der Waals surface area contributed by atoms with Gasteiger partial charge >= 0.3 is 5.97 Å². The minimum Gasteiger partial charge on any atom is -0.476 e. The molecule has 1 fully saturated rings. The predicted molar refractivity (Wildman–Crippen MR) is 119 cm³/mol. The molecule has 1 aliphatic heterocycles. The first kappa shape index (κ1) is 21.5. The summed E-state index contributed by atoms with van der Waals surface area (Å²) in [6.07, 6.45) is 2.35. The number of carboxylic acid groups (broad SMARTS) is 1. The molecular weight excluding hydrogens is 418 g/mol. The summed E-state index contributed by atoms with van der Waals surface area (Å²) < 4.78 is 1.76. The number of aliphatic hydroxyl groups is 1. The third-order valence-corrected chi connectivity index (χ3v) is 6.30. The van der Waals surface area contributed by atoms with E-state index in [2.05, 4.69) is 39.9 Å². The zero-order valence-electron chi connectivity index (χ0n) is 17.5. The SMILES string of the molecule is CC(C)c1cnn2c(NCc3nc(C(=O)O)cs3)cc(NCC3CCNC[C@@H]3O)nc12. The summed E-state index contributed by atoms with van der Waals surface area (Å²) in [6.45, 7) is 6.71. The molecule has 0 saturated carbocycles. The second-order valence-corrected chi connectivity index (χ2v) is 8.95. The first-order chi connectivity index (χ1) is 14.9. The third-order valence-electron chi connectivity index (χ3n) is 5.45. The Hall–Kier alpha value is -2.76. The number of aromatic carboxylic acids is 1. The van der Waals surface area contributed by atoms with E-state index in [1.807, 2.05) is 12.3 Å². The van der Waals surface area contributed by atoms with Crippen LogP contribution in [-0.4, -0.2) is 61.5 Å². The van der Waals surface area contributed by atoms with Crippen LogP contribution >= 0.6 is 11.3 Å². The van der Waals surface area contributed by atoms with Gasteiger partial charge in [-0.15, -0.1) is 11.3 Å². The summed E-state index contributed by atoms with van der Waals surface area (Å²) in [5.74, 6) is 0.825. The fourth-order valence-electron chi connectivity index (χ4n) is 3.63. The summed E-state index contributed by atoms with van der Waals surface area (Å²) >= 11 is 1.30. The maximum absolute atomic E-state index is 11.1. The second kappa shape index (κ2) is 9.16. The van der Waals surface area contributed by atoms with Crippen molar-refractivity contribution in [1.29, 1.82) is 0 Å². The molecule has 3 aromatic heterocycles. The normalized spacial score (nSPS) is 19.1. The number of hydrogen-bond acceptors (Lipinski definition) is 9. The van der Waals surface area contributed by atoms with Gasteiger partial charge in [0.05, 0.1) is 18.8 Å². The van der Waals surface area contributed by atoms with Crippen LogP contribution in [0.25, 0.3) is 5.65 Å². The number of nitrogens with zero attached hydrogens (tertiary/aromatic N) is 4. The lowest BCUT2D eigenvalue weighted by Crippen LogP contribution is -2.43. The molecular formula is C20H27N7O3S. The highest BCUT2D eigenvalue weighted by atomic mass is 32.1. The molecule has 2 atom stereocenters. The molecule has 31 heavy (non-hydrogen) atoms. The number of hydrogen-bond donors (Lipinski definition) is 5. The number of carboxylic acids is 1. The Labute approximate surface area is 183 Å². The van der Waals surface area contributed by atoms with Crippen LogP contribution in [-0.2, 0) is 6.54 Å². The Bertz CT molecular complexity index is 1060. The molecule has 0 spiro atoms. The number of thiazole rings is 1. The minimum absolute atomic E-state index is 0.0470. The summed E-state index contributed by atoms with van der Waals surface area (Å²) in [5.41, 5.74) is 1.85. The van der Waals surface area contributed by atoms with Crippen LogP contribution in [0.15, 0.2) is 17.6 Å². The van der Waals surface area contributed by atoms with Gasteiger partial charge in [-0.3, -0.25) is 0 Å². The van der Waals surface area contributed by atoms with E-state index in [-0.39, 0.29) is 23.6 Å². The Morgan fingerprint density at radius 2 is 2.23 bits per heavy atom. The number of carbonyl (C=O) groups is 1. The maximum Gasteiger partial charge on any atom is 0.355 e. The molecule has 4 rings (SSSR count). The summed E-state index contributed by atoms with van der Waals surface area (Å²) in [7, 11) is 0. The van der Waals surface area contributed by atoms with Crippen molar-refractivity contribution in [3.63, 3.8) is 0 Å². The van der Waals surface area contributed by atoms with Gasteiger partial charge in [0.1, 0.15) is 16.6 Å². The monoisotopic (exact) mass is 445 g/mol. The third kappa shape index (κ3) is 4.78. The average Bonchev–Trinajstić information content (AvgIpc) is 3.39. The van der Waals surface area contributed by atoms with E-state index in [0.29, 0.717) is 30.5 Å². The number of aromatic nitrogens is 4. The zero-order chi connectivity index (χ0) is 22.0. The van der Waals surface area contributed by atoms with E-state index in [0.717, 1.165) is 30.0 Å². The molecule has 10 nitrogen and oxygen atoms in total. The highest BCUT2D eigenvalue weighted by molar-refractivity contribution is 7.09. The van der Waals surface area contributed by atoms with Gasteiger partial charge in [-0.25, -0.2) is 14.8 Å². The quantitative estimate of drug-likeness (QED) is 0.352. The molecule has 5 N–H and O–H groups in total. The number of anilines is 2. The number of rotatable bonds is 8. The van der Waals surface area contributed by atoms with Crippen molar-refractivity contribution in [2.24, 2.45) is 5.92 Å². The molecule has 1 aliphatic rings. The lowest BCUT2D eigenvalue weighted by atomic mass is 9.95. The first-order valence-electron chi connectivity index (χ1n) is 10.3. The van der Waals surface area contributed by atoms with Crippen molar-refractivity contribution in [3.8, 4) is 0 Å².